The number of nitriles is 1. The fourth-order valence-corrected chi connectivity index (χ4v) is 3.63. The van der Waals surface area contributed by atoms with Crippen molar-refractivity contribution in [3.8, 4) is 6.07 Å². The van der Waals surface area contributed by atoms with Crippen LogP contribution in [-0.2, 0) is 11.2 Å². The van der Waals surface area contributed by atoms with Crippen LogP contribution in [0.15, 0.2) is 6.20 Å². The van der Waals surface area contributed by atoms with Crippen LogP contribution in [0.2, 0.25) is 0 Å². The maximum atomic E-state index is 12.6. The van der Waals surface area contributed by atoms with Crippen LogP contribution in [0, 0.1) is 16.7 Å². The standard InChI is InChI=1S/C17H24N4O/c1-12(2)21-10-13-6-5-7-14(15(13)20-21)19-16(22)17(11-18)8-3-4-9-17/h10,12,14H,3-9H2,1-2H3,(H,19,22). The van der Waals surface area contributed by atoms with E-state index in [0.717, 1.165) is 37.8 Å². The first-order valence-corrected chi connectivity index (χ1v) is 8.36. The SMILES string of the molecule is CC(C)n1cc2c(n1)C(NC(=O)C1(C#N)CCCC1)CCC2. The van der Waals surface area contributed by atoms with E-state index >= 15 is 0 Å². The van der Waals surface area contributed by atoms with Gasteiger partial charge in [-0.1, -0.05) is 12.8 Å². The second-order valence-corrected chi connectivity index (χ2v) is 6.93. The molecule has 1 unspecified atom stereocenters. The number of nitrogens with zero attached hydrogens (tertiary/aromatic N) is 3. The monoisotopic (exact) mass is 300 g/mol. The van der Waals surface area contributed by atoms with Crippen molar-refractivity contribution < 1.29 is 4.79 Å². The number of hydrogen-bond donors (Lipinski definition) is 1. The summed E-state index contributed by atoms with van der Waals surface area (Å²) in [5.74, 6) is -0.0931. The van der Waals surface area contributed by atoms with Gasteiger partial charge in [0, 0.05) is 12.2 Å². The van der Waals surface area contributed by atoms with Crippen molar-refractivity contribution in [1.82, 2.24) is 15.1 Å². The van der Waals surface area contributed by atoms with Crippen molar-refractivity contribution in [2.75, 3.05) is 0 Å². The zero-order chi connectivity index (χ0) is 15.7. The number of aromatic nitrogens is 2. The molecule has 118 valence electrons. The molecule has 0 saturated heterocycles. The Morgan fingerprint density at radius 1 is 1.45 bits per heavy atom. The Bertz CT molecular complexity index is 605. The van der Waals surface area contributed by atoms with Gasteiger partial charge in [-0.15, -0.1) is 0 Å². The second kappa shape index (κ2) is 5.75. The summed E-state index contributed by atoms with van der Waals surface area (Å²) in [4.78, 5) is 12.6. The molecular formula is C17H24N4O. The molecule has 0 bridgehead atoms. The zero-order valence-corrected chi connectivity index (χ0v) is 13.4. The minimum absolute atomic E-state index is 0.0397. The summed E-state index contributed by atoms with van der Waals surface area (Å²) in [6, 6.07) is 2.56. The second-order valence-electron chi connectivity index (χ2n) is 6.93. The molecule has 0 aliphatic heterocycles. The van der Waals surface area contributed by atoms with Crippen LogP contribution in [-0.4, -0.2) is 15.7 Å². The van der Waals surface area contributed by atoms with Gasteiger partial charge >= 0.3 is 0 Å². The molecule has 0 aromatic carbocycles. The molecule has 1 fully saturated rings. The normalized spacial score (nSPS) is 23.1. The van der Waals surface area contributed by atoms with Crippen molar-refractivity contribution in [2.45, 2.75) is 70.9 Å². The van der Waals surface area contributed by atoms with E-state index < -0.39 is 5.41 Å². The molecule has 5 nitrogen and oxygen atoms in total. The summed E-state index contributed by atoms with van der Waals surface area (Å²) in [7, 11) is 0. The molecule has 22 heavy (non-hydrogen) atoms. The fourth-order valence-electron chi connectivity index (χ4n) is 3.63. The Morgan fingerprint density at radius 3 is 2.82 bits per heavy atom. The lowest BCUT2D eigenvalue weighted by Crippen LogP contribution is -2.41. The number of rotatable bonds is 3. The highest BCUT2D eigenvalue weighted by molar-refractivity contribution is 5.86. The molecular weight excluding hydrogens is 276 g/mol. The minimum Gasteiger partial charge on any atom is -0.346 e. The van der Waals surface area contributed by atoms with Crippen LogP contribution in [0.4, 0.5) is 0 Å². The molecule has 0 radical (unpaired) electrons. The average Bonchev–Trinajstić information content (AvgIpc) is 3.15. The molecule has 1 atom stereocenters. The quantitative estimate of drug-likeness (QED) is 0.932. The number of carbonyl (C=O) groups excluding carboxylic acids is 1. The highest BCUT2D eigenvalue weighted by Gasteiger charge is 2.42. The van der Waals surface area contributed by atoms with Gasteiger partial charge in [0.1, 0.15) is 5.41 Å². The largest absolute Gasteiger partial charge is 0.346 e. The smallest absolute Gasteiger partial charge is 0.241 e. The van der Waals surface area contributed by atoms with Gasteiger partial charge in [-0.25, -0.2) is 0 Å². The molecule has 2 aliphatic carbocycles. The third-order valence-electron chi connectivity index (χ3n) is 5.05. The van der Waals surface area contributed by atoms with Crippen LogP contribution in [0.3, 0.4) is 0 Å². The number of hydrogen-bond acceptors (Lipinski definition) is 3. The fraction of sp³-hybridized carbons (Fsp3) is 0.706. The summed E-state index contributed by atoms with van der Waals surface area (Å²) in [5, 5.41) is 17.3. The third-order valence-corrected chi connectivity index (χ3v) is 5.05. The van der Waals surface area contributed by atoms with Crippen molar-refractivity contribution >= 4 is 5.91 Å². The molecule has 5 heteroatoms. The van der Waals surface area contributed by atoms with E-state index in [2.05, 4.69) is 36.5 Å². The number of fused-ring (bicyclic) bond motifs is 1. The summed E-state index contributed by atoms with van der Waals surface area (Å²) < 4.78 is 1.98. The zero-order valence-electron chi connectivity index (χ0n) is 13.4. The van der Waals surface area contributed by atoms with Crippen molar-refractivity contribution in [3.05, 3.63) is 17.5 Å². The lowest BCUT2D eigenvalue weighted by atomic mass is 9.85. The van der Waals surface area contributed by atoms with Gasteiger partial charge in [0.05, 0.1) is 17.8 Å². The number of carbonyl (C=O) groups is 1. The van der Waals surface area contributed by atoms with E-state index in [-0.39, 0.29) is 11.9 Å². The molecule has 1 heterocycles. The molecule has 1 aromatic heterocycles. The van der Waals surface area contributed by atoms with Gasteiger partial charge in [-0.05, 0) is 51.5 Å². The van der Waals surface area contributed by atoms with Crippen LogP contribution < -0.4 is 5.32 Å². The summed E-state index contributed by atoms with van der Waals surface area (Å²) >= 11 is 0. The lowest BCUT2D eigenvalue weighted by Gasteiger charge is -2.26. The highest BCUT2D eigenvalue weighted by Crippen LogP contribution is 2.39. The van der Waals surface area contributed by atoms with Crippen LogP contribution in [0.1, 0.15) is 75.7 Å². The molecule has 1 N–H and O–H groups in total. The maximum Gasteiger partial charge on any atom is 0.241 e. The van der Waals surface area contributed by atoms with E-state index in [1.807, 2.05) is 4.68 Å². The van der Waals surface area contributed by atoms with Crippen LogP contribution >= 0.6 is 0 Å². The van der Waals surface area contributed by atoms with E-state index in [4.69, 9.17) is 0 Å². The van der Waals surface area contributed by atoms with Crippen molar-refractivity contribution in [1.29, 1.82) is 5.26 Å². The van der Waals surface area contributed by atoms with E-state index in [1.165, 1.54) is 5.56 Å². The minimum atomic E-state index is -0.807. The average molecular weight is 300 g/mol. The summed E-state index contributed by atoms with van der Waals surface area (Å²) in [6.07, 6.45) is 8.42. The van der Waals surface area contributed by atoms with Gasteiger partial charge in [0.15, 0.2) is 0 Å². The lowest BCUT2D eigenvalue weighted by molar-refractivity contribution is -0.128. The van der Waals surface area contributed by atoms with Crippen LogP contribution in [0.25, 0.3) is 0 Å². The highest BCUT2D eigenvalue weighted by atomic mass is 16.2. The molecule has 2 aliphatic rings. The molecule has 1 saturated carbocycles. The van der Waals surface area contributed by atoms with Crippen LogP contribution in [0.5, 0.6) is 0 Å². The number of amides is 1. The third kappa shape index (κ3) is 2.51. The Balaban J connectivity index is 1.80. The van der Waals surface area contributed by atoms with Gasteiger partial charge < -0.3 is 5.32 Å². The van der Waals surface area contributed by atoms with Gasteiger partial charge in [-0.3, -0.25) is 9.48 Å². The number of nitrogens with one attached hydrogen (secondary N) is 1. The number of aryl methyl sites for hydroxylation is 1. The molecule has 3 rings (SSSR count). The van der Waals surface area contributed by atoms with Gasteiger partial charge in [0.25, 0.3) is 0 Å². The Hall–Kier alpha value is -1.83. The predicted molar refractivity (Wildman–Crippen MR) is 82.9 cm³/mol. The summed E-state index contributed by atoms with van der Waals surface area (Å²) in [5.41, 5.74) is 1.43. The predicted octanol–water partition coefficient (Wildman–Crippen LogP) is 3.04. The first-order chi connectivity index (χ1) is 10.6. The topological polar surface area (TPSA) is 70.7 Å². The van der Waals surface area contributed by atoms with Crippen molar-refractivity contribution in [2.24, 2.45) is 5.41 Å². The Morgan fingerprint density at radius 2 is 2.18 bits per heavy atom. The van der Waals surface area contributed by atoms with E-state index in [1.54, 1.807) is 0 Å². The Kier molecular flexibility index (Phi) is 3.94. The first-order valence-electron chi connectivity index (χ1n) is 8.36. The maximum absolute atomic E-state index is 12.6. The Labute approximate surface area is 131 Å². The molecule has 1 amide bonds. The van der Waals surface area contributed by atoms with Crippen molar-refractivity contribution in [3.63, 3.8) is 0 Å². The van der Waals surface area contributed by atoms with Gasteiger partial charge in [0.2, 0.25) is 5.91 Å². The van der Waals surface area contributed by atoms with E-state index in [9.17, 15) is 10.1 Å². The summed E-state index contributed by atoms with van der Waals surface area (Å²) in [6.45, 7) is 4.21. The first kappa shape index (κ1) is 15.1. The van der Waals surface area contributed by atoms with Gasteiger partial charge in [-0.2, -0.15) is 10.4 Å². The van der Waals surface area contributed by atoms with E-state index in [0.29, 0.717) is 18.9 Å². The molecule has 0 spiro atoms. The molecule has 1 aromatic rings.